The van der Waals surface area contributed by atoms with Gasteiger partial charge < -0.3 is 11.1 Å². The van der Waals surface area contributed by atoms with E-state index in [1.807, 2.05) is 48.5 Å². The van der Waals surface area contributed by atoms with Crippen molar-refractivity contribution in [2.45, 2.75) is 6.54 Å². The molecule has 0 amide bonds. The smallest absolute Gasteiger partial charge is 0.131 e. The Labute approximate surface area is 158 Å². The predicted molar refractivity (Wildman–Crippen MR) is 107 cm³/mol. The molecular weight excluding hydrogens is 376 g/mol. The van der Waals surface area contributed by atoms with Crippen LogP contribution in [0.5, 0.6) is 0 Å². The number of hydrogen-bond donors (Lipinski definition) is 2. The normalized spacial score (nSPS) is 9.26. The van der Waals surface area contributed by atoms with E-state index in [0.29, 0.717) is 5.82 Å². The van der Waals surface area contributed by atoms with Gasteiger partial charge in [-0.1, -0.05) is 29.8 Å². The van der Waals surface area contributed by atoms with E-state index in [4.69, 9.17) is 17.3 Å². The van der Waals surface area contributed by atoms with Crippen molar-refractivity contribution in [1.82, 2.24) is 4.98 Å². The van der Waals surface area contributed by atoms with Crippen molar-refractivity contribution in [2.24, 2.45) is 0 Å². The maximum Gasteiger partial charge on any atom is 0.131 e. The van der Waals surface area contributed by atoms with Gasteiger partial charge in [0.05, 0.1) is 0 Å². The molecule has 124 valence electrons. The molecule has 0 spiro atoms. The van der Waals surface area contributed by atoms with E-state index in [0.717, 1.165) is 28.0 Å². The second-order valence-corrected chi connectivity index (χ2v) is 5.05. The van der Waals surface area contributed by atoms with Crippen LogP contribution in [0.4, 0.5) is 11.5 Å². The number of halogens is 4. The van der Waals surface area contributed by atoms with Crippen LogP contribution in [-0.2, 0) is 6.54 Å². The van der Waals surface area contributed by atoms with Gasteiger partial charge in [-0.3, -0.25) is 0 Å². The summed E-state index contributed by atoms with van der Waals surface area (Å²) in [5, 5.41) is 6.18. The Bertz CT molecular complexity index is 748. The van der Waals surface area contributed by atoms with Crippen molar-refractivity contribution in [1.29, 1.82) is 0 Å². The van der Waals surface area contributed by atoms with Gasteiger partial charge in [0.15, 0.2) is 0 Å². The number of nitrogens with one attached hydrogen (secondary N) is 1. The largest absolute Gasteiger partial charge is 0.383 e. The summed E-state index contributed by atoms with van der Waals surface area (Å²) in [6.07, 6.45) is 1.72. The molecule has 3 nitrogen and oxygen atoms in total. The lowest BCUT2D eigenvalue weighted by molar-refractivity contribution is 1.15. The number of nitrogens with zero attached hydrogens (tertiary/aromatic N) is 1. The third-order valence-corrected chi connectivity index (χ3v) is 3.46. The SMILES string of the molecule is Cl.Cl.Cl.Nc1nccc2ccc(NCc3ccc(Cl)cc3)cc12. The van der Waals surface area contributed by atoms with Gasteiger partial charge in [-0.25, -0.2) is 4.98 Å². The molecule has 3 N–H and O–H groups in total. The van der Waals surface area contributed by atoms with Crippen molar-refractivity contribution in [3.8, 4) is 0 Å². The Hall–Kier alpha value is -1.39. The number of anilines is 2. The highest BCUT2D eigenvalue weighted by Gasteiger charge is 2.01. The molecule has 2 aromatic carbocycles. The summed E-state index contributed by atoms with van der Waals surface area (Å²) in [6.45, 7) is 0.739. The third kappa shape index (κ3) is 5.33. The summed E-state index contributed by atoms with van der Waals surface area (Å²) in [5.74, 6) is 0.553. The van der Waals surface area contributed by atoms with Gasteiger partial charge in [-0.15, -0.1) is 37.2 Å². The average molecular weight is 393 g/mol. The predicted octanol–water partition coefficient (Wildman–Crippen LogP) is 5.35. The minimum absolute atomic E-state index is 0. The average Bonchev–Trinajstić information content (AvgIpc) is 2.47. The van der Waals surface area contributed by atoms with Crippen molar-refractivity contribution in [3.63, 3.8) is 0 Å². The van der Waals surface area contributed by atoms with Crippen molar-refractivity contribution in [3.05, 3.63) is 65.3 Å². The van der Waals surface area contributed by atoms with Gasteiger partial charge in [-0.2, -0.15) is 0 Å². The maximum atomic E-state index is 5.90. The number of fused-ring (bicyclic) bond motifs is 1. The van der Waals surface area contributed by atoms with Crippen LogP contribution in [0.25, 0.3) is 10.8 Å². The molecule has 1 heterocycles. The molecule has 0 atom stereocenters. The van der Waals surface area contributed by atoms with E-state index >= 15 is 0 Å². The summed E-state index contributed by atoms with van der Waals surface area (Å²) in [6, 6.07) is 15.8. The molecule has 0 aliphatic carbocycles. The molecule has 0 saturated heterocycles. The lowest BCUT2D eigenvalue weighted by Crippen LogP contribution is -1.99. The van der Waals surface area contributed by atoms with Crippen LogP contribution in [0.1, 0.15) is 5.56 Å². The number of benzene rings is 2. The zero-order valence-corrected chi connectivity index (χ0v) is 15.2. The van der Waals surface area contributed by atoms with E-state index < -0.39 is 0 Å². The lowest BCUT2D eigenvalue weighted by atomic mass is 10.1. The molecule has 0 aliphatic rings. The van der Waals surface area contributed by atoms with Crippen LogP contribution in [0.2, 0.25) is 5.02 Å². The molecule has 0 bridgehead atoms. The first-order valence-corrected chi connectivity index (χ1v) is 6.73. The van der Waals surface area contributed by atoms with Gasteiger partial charge in [0.1, 0.15) is 5.82 Å². The zero-order chi connectivity index (χ0) is 13.9. The third-order valence-electron chi connectivity index (χ3n) is 3.21. The fourth-order valence-corrected chi connectivity index (χ4v) is 2.23. The summed E-state index contributed by atoms with van der Waals surface area (Å²) in [5.41, 5.74) is 8.09. The van der Waals surface area contributed by atoms with E-state index in [2.05, 4.69) is 10.3 Å². The van der Waals surface area contributed by atoms with Gasteiger partial charge in [-0.05, 0) is 41.3 Å². The second-order valence-electron chi connectivity index (χ2n) is 4.61. The maximum absolute atomic E-state index is 5.90. The van der Waals surface area contributed by atoms with E-state index in [9.17, 15) is 0 Å². The monoisotopic (exact) mass is 391 g/mol. The molecule has 23 heavy (non-hydrogen) atoms. The first-order valence-electron chi connectivity index (χ1n) is 6.35. The topological polar surface area (TPSA) is 50.9 Å². The van der Waals surface area contributed by atoms with Crippen LogP contribution in [0.3, 0.4) is 0 Å². The molecule has 1 aromatic heterocycles. The van der Waals surface area contributed by atoms with Crippen molar-refractivity contribution in [2.75, 3.05) is 11.1 Å². The second kappa shape index (κ2) is 9.68. The van der Waals surface area contributed by atoms with E-state index in [1.165, 1.54) is 5.56 Å². The van der Waals surface area contributed by atoms with Gasteiger partial charge in [0.25, 0.3) is 0 Å². The quantitative estimate of drug-likeness (QED) is 0.631. The molecule has 0 saturated carbocycles. The summed E-state index contributed by atoms with van der Waals surface area (Å²) in [4.78, 5) is 4.11. The van der Waals surface area contributed by atoms with Gasteiger partial charge in [0.2, 0.25) is 0 Å². The van der Waals surface area contributed by atoms with Crippen molar-refractivity contribution >= 4 is 71.1 Å². The molecule has 0 unspecified atom stereocenters. The fraction of sp³-hybridized carbons (Fsp3) is 0.0625. The first-order chi connectivity index (χ1) is 9.72. The minimum Gasteiger partial charge on any atom is -0.383 e. The molecule has 7 heteroatoms. The highest BCUT2D eigenvalue weighted by molar-refractivity contribution is 6.30. The van der Waals surface area contributed by atoms with Crippen molar-refractivity contribution < 1.29 is 0 Å². The highest BCUT2D eigenvalue weighted by Crippen LogP contribution is 2.23. The molecule has 0 aliphatic heterocycles. The number of nitrogen functional groups attached to an aromatic ring is 1. The molecular formula is C16H17Cl4N3. The number of hydrogen-bond acceptors (Lipinski definition) is 3. The number of rotatable bonds is 3. The Balaban J connectivity index is 0.00000161. The summed E-state index contributed by atoms with van der Waals surface area (Å²) in [7, 11) is 0. The summed E-state index contributed by atoms with van der Waals surface area (Å²) >= 11 is 5.87. The van der Waals surface area contributed by atoms with Crippen LogP contribution >= 0.6 is 48.8 Å². The lowest BCUT2D eigenvalue weighted by Gasteiger charge is -2.08. The summed E-state index contributed by atoms with van der Waals surface area (Å²) < 4.78 is 0. The Morgan fingerprint density at radius 1 is 0.957 bits per heavy atom. The number of pyridine rings is 1. The Kier molecular flexibility index (Phi) is 9.10. The number of aromatic nitrogens is 1. The minimum atomic E-state index is 0. The number of nitrogens with two attached hydrogens (primary N) is 1. The zero-order valence-electron chi connectivity index (χ0n) is 12.0. The van der Waals surface area contributed by atoms with Crippen LogP contribution in [0.15, 0.2) is 54.7 Å². The van der Waals surface area contributed by atoms with Gasteiger partial charge >= 0.3 is 0 Å². The first kappa shape index (κ1) is 21.6. The Morgan fingerprint density at radius 2 is 1.65 bits per heavy atom. The highest BCUT2D eigenvalue weighted by atomic mass is 35.5. The van der Waals surface area contributed by atoms with E-state index in [1.54, 1.807) is 6.20 Å². The fourth-order valence-electron chi connectivity index (χ4n) is 2.11. The van der Waals surface area contributed by atoms with Crippen LogP contribution in [-0.4, -0.2) is 4.98 Å². The standard InChI is InChI=1S/C16H14ClN3.3ClH/c17-13-4-1-11(2-5-13)10-20-14-6-3-12-7-8-19-16(18)15(12)9-14;;;/h1-9,20H,10H2,(H2,18,19);3*1H. The van der Waals surface area contributed by atoms with E-state index in [-0.39, 0.29) is 37.2 Å². The molecule has 3 rings (SSSR count). The molecule has 0 fully saturated rings. The molecule has 3 aromatic rings. The Morgan fingerprint density at radius 3 is 2.35 bits per heavy atom. The van der Waals surface area contributed by atoms with Crippen LogP contribution < -0.4 is 11.1 Å². The van der Waals surface area contributed by atoms with Crippen LogP contribution in [0, 0.1) is 0 Å². The molecule has 0 radical (unpaired) electrons. The van der Waals surface area contributed by atoms with Gasteiger partial charge in [0, 0.05) is 28.8 Å².